The average Bonchev–Trinajstić information content (AvgIpc) is 2.48. The Morgan fingerprint density at radius 1 is 1.39 bits per heavy atom. The van der Waals surface area contributed by atoms with Gasteiger partial charge in [-0.1, -0.05) is 31.5 Å². The van der Waals surface area contributed by atoms with Crippen molar-refractivity contribution in [3.8, 4) is 6.07 Å². The zero-order valence-electron chi connectivity index (χ0n) is 13.8. The van der Waals surface area contributed by atoms with E-state index in [0.717, 1.165) is 18.7 Å². The zero-order valence-corrected chi connectivity index (χ0v) is 14.5. The third-order valence-electron chi connectivity index (χ3n) is 4.09. The summed E-state index contributed by atoms with van der Waals surface area (Å²) in [5, 5.41) is 12.7. The van der Waals surface area contributed by atoms with Crippen LogP contribution in [-0.4, -0.2) is 23.9 Å². The van der Waals surface area contributed by atoms with Gasteiger partial charge in [-0.05, 0) is 42.9 Å². The van der Waals surface area contributed by atoms with Crippen LogP contribution in [-0.2, 0) is 4.79 Å². The summed E-state index contributed by atoms with van der Waals surface area (Å²) in [5.74, 6) is 0.727. The number of hydrogen-bond donors (Lipinski definition) is 1. The number of carbonyl (C=O) groups is 1. The van der Waals surface area contributed by atoms with E-state index in [-0.39, 0.29) is 5.57 Å². The molecule has 1 saturated heterocycles. The predicted molar refractivity (Wildman–Crippen MR) is 93.0 cm³/mol. The van der Waals surface area contributed by atoms with Crippen LogP contribution >= 0.6 is 11.6 Å². The molecule has 23 heavy (non-hydrogen) atoms. The number of likely N-dealkylation sites (tertiary alicyclic amines) is 1. The lowest BCUT2D eigenvalue weighted by Crippen LogP contribution is -2.35. The Labute approximate surface area is 142 Å². The summed E-state index contributed by atoms with van der Waals surface area (Å²) in [5.41, 5.74) is 1.54. The number of carbonyl (C=O) groups excluding carboxylic acids is 1. The molecule has 0 saturated carbocycles. The molecule has 2 atom stereocenters. The van der Waals surface area contributed by atoms with Crippen molar-refractivity contribution in [3.63, 3.8) is 0 Å². The summed E-state index contributed by atoms with van der Waals surface area (Å²) in [7, 11) is 0. The quantitative estimate of drug-likeness (QED) is 0.673. The van der Waals surface area contributed by atoms with E-state index in [9.17, 15) is 10.1 Å². The van der Waals surface area contributed by atoms with Gasteiger partial charge in [0.15, 0.2) is 0 Å². The molecular weight excluding hydrogens is 310 g/mol. The Morgan fingerprint density at radius 2 is 2.04 bits per heavy atom. The van der Waals surface area contributed by atoms with Crippen LogP contribution in [0, 0.1) is 30.1 Å². The number of amides is 1. The van der Waals surface area contributed by atoms with Crippen LogP contribution in [0.2, 0.25) is 5.02 Å². The van der Waals surface area contributed by atoms with E-state index < -0.39 is 5.91 Å². The average molecular weight is 332 g/mol. The van der Waals surface area contributed by atoms with Gasteiger partial charge in [0.2, 0.25) is 0 Å². The molecule has 1 N–H and O–H groups in total. The number of benzene rings is 1. The van der Waals surface area contributed by atoms with Crippen LogP contribution in [0.15, 0.2) is 30.0 Å². The highest BCUT2D eigenvalue weighted by Gasteiger charge is 2.21. The molecule has 0 aliphatic carbocycles. The normalized spacial score (nSPS) is 21.7. The number of halogens is 1. The van der Waals surface area contributed by atoms with Crippen molar-refractivity contribution in [1.82, 2.24) is 4.90 Å². The second-order valence-corrected chi connectivity index (χ2v) is 6.83. The molecule has 0 radical (unpaired) electrons. The van der Waals surface area contributed by atoms with Crippen molar-refractivity contribution in [2.45, 2.75) is 27.2 Å². The van der Waals surface area contributed by atoms with Gasteiger partial charge in [-0.3, -0.25) is 4.79 Å². The highest BCUT2D eigenvalue weighted by atomic mass is 35.5. The Balaban J connectivity index is 2.14. The first-order chi connectivity index (χ1) is 10.9. The van der Waals surface area contributed by atoms with E-state index in [0.29, 0.717) is 22.5 Å². The third-order valence-corrected chi connectivity index (χ3v) is 4.50. The number of nitriles is 1. The summed E-state index contributed by atoms with van der Waals surface area (Å²) >= 11 is 6.06. The molecule has 4 nitrogen and oxygen atoms in total. The summed E-state index contributed by atoms with van der Waals surface area (Å²) in [6, 6.07) is 7.32. The first kappa shape index (κ1) is 17.4. The maximum absolute atomic E-state index is 12.4. The van der Waals surface area contributed by atoms with Crippen molar-refractivity contribution >= 4 is 23.2 Å². The standard InChI is InChI=1S/C18H22ClN3O/c1-12-7-13(2)10-22(9-12)11-15(8-20)18(23)21-17-6-4-5-16(19)14(17)3/h4-6,11-13H,7,9-10H2,1-3H3,(H,21,23)/b15-11-. The first-order valence-electron chi connectivity index (χ1n) is 7.83. The van der Waals surface area contributed by atoms with Crippen LogP contribution < -0.4 is 5.32 Å². The molecule has 1 aliphatic rings. The molecule has 5 heteroatoms. The highest BCUT2D eigenvalue weighted by Crippen LogP contribution is 2.24. The van der Waals surface area contributed by atoms with Crippen LogP contribution in [0.25, 0.3) is 0 Å². The fourth-order valence-electron chi connectivity index (χ4n) is 3.07. The number of hydrogen-bond acceptors (Lipinski definition) is 3. The van der Waals surface area contributed by atoms with Crippen molar-refractivity contribution in [2.75, 3.05) is 18.4 Å². The van der Waals surface area contributed by atoms with Gasteiger partial charge in [0.25, 0.3) is 5.91 Å². The van der Waals surface area contributed by atoms with Crippen LogP contribution in [0.5, 0.6) is 0 Å². The SMILES string of the molecule is Cc1c(Cl)cccc1NC(=O)/C(C#N)=C\N1CC(C)CC(C)C1. The Hall–Kier alpha value is -1.99. The van der Waals surface area contributed by atoms with Gasteiger partial charge < -0.3 is 10.2 Å². The molecule has 2 rings (SSSR count). The van der Waals surface area contributed by atoms with Crippen LogP contribution in [0.3, 0.4) is 0 Å². The molecule has 0 aromatic heterocycles. The van der Waals surface area contributed by atoms with E-state index in [1.807, 2.05) is 13.0 Å². The smallest absolute Gasteiger partial charge is 0.267 e. The van der Waals surface area contributed by atoms with Gasteiger partial charge in [-0.2, -0.15) is 5.26 Å². The van der Waals surface area contributed by atoms with Crippen molar-refractivity contribution in [2.24, 2.45) is 11.8 Å². The van der Waals surface area contributed by atoms with Gasteiger partial charge in [-0.15, -0.1) is 0 Å². The fourth-order valence-corrected chi connectivity index (χ4v) is 3.24. The Bertz CT molecular complexity index is 653. The second-order valence-electron chi connectivity index (χ2n) is 6.42. The fraction of sp³-hybridized carbons (Fsp3) is 0.444. The van der Waals surface area contributed by atoms with Crippen molar-refractivity contribution in [1.29, 1.82) is 5.26 Å². The maximum atomic E-state index is 12.4. The van der Waals surface area contributed by atoms with Gasteiger partial charge in [-0.25, -0.2) is 0 Å². The molecule has 1 aliphatic heterocycles. The van der Waals surface area contributed by atoms with Crippen molar-refractivity contribution in [3.05, 3.63) is 40.6 Å². The molecule has 1 amide bonds. The Kier molecular flexibility index (Phi) is 5.68. The molecule has 1 aromatic carbocycles. The Morgan fingerprint density at radius 3 is 2.65 bits per heavy atom. The molecule has 122 valence electrons. The minimum atomic E-state index is -0.399. The van der Waals surface area contributed by atoms with E-state index in [1.165, 1.54) is 6.42 Å². The molecule has 0 spiro atoms. The predicted octanol–water partition coefficient (Wildman–Crippen LogP) is 3.97. The lowest BCUT2D eigenvalue weighted by molar-refractivity contribution is -0.112. The zero-order chi connectivity index (χ0) is 17.0. The van der Waals surface area contributed by atoms with Gasteiger partial charge >= 0.3 is 0 Å². The number of piperidine rings is 1. The topological polar surface area (TPSA) is 56.1 Å². The molecule has 0 bridgehead atoms. The van der Waals surface area contributed by atoms with E-state index in [4.69, 9.17) is 11.6 Å². The summed E-state index contributed by atoms with van der Waals surface area (Å²) in [6.45, 7) is 7.97. The molecule has 1 fully saturated rings. The maximum Gasteiger partial charge on any atom is 0.267 e. The van der Waals surface area contributed by atoms with Crippen LogP contribution in [0.1, 0.15) is 25.8 Å². The molecule has 1 aromatic rings. The molecule has 1 heterocycles. The summed E-state index contributed by atoms with van der Waals surface area (Å²) in [6.07, 6.45) is 2.86. The van der Waals surface area contributed by atoms with Gasteiger partial charge in [0.05, 0.1) is 0 Å². The lowest BCUT2D eigenvalue weighted by atomic mass is 9.92. The van der Waals surface area contributed by atoms with Gasteiger partial charge in [0.1, 0.15) is 11.6 Å². The van der Waals surface area contributed by atoms with E-state index in [1.54, 1.807) is 24.4 Å². The minimum Gasteiger partial charge on any atom is -0.376 e. The monoisotopic (exact) mass is 331 g/mol. The van der Waals surface area contributed by atoms with Gasteiger partial charge in [0, 0.05) is 30.0 Å². The largest absolute Gasteiger partial charge is 0.376 e. The number of nitrogens with zero attached hydrogens (tertiary/aromatic N) is 2. The molecular formula is C18H22ClN3O. The summed E-state index contributed by atoms with van der Waals surface area (Å²) < 4.78 is 0. The number of rotatable bonds is 3. The summed E-state index contributed by atoms with van der Waals surface area (Å²) in [4.78, 5) is 14.4. The van der Waals surface area contributed by atoms with E-state index in [2.05, 4.69) is 24.1 Å². The lowest BCUT2D eigenvalue weighted by Gasteiger charge is -2.34. The second kappa shape index (κ2) is 7.52. The first-order valence-corrected chi connectivity index (χ1v) is 8.21. The van der Waals surface area contributed by atoms with Crippen LogP contribution in [0.4, 0.5) is 5.69 Å². The minimum absolute atomic E-state index is 0.116. The number of anilines is 1. The van der Waals surface area contributed by atoms with E-state index >= 15 is 0 Å². The third kappa shape index (κ3) is 4.49. The highest BCUT2D eigenvalue weighted by molar-refractivity contribution is 6.31. The number of nitrogens with one attached hydrogen (secondary N) is 1. The van der Waals surface area contributed by atoms with Crippen molar-refractivity contribution < 1.29 is 4.79 Å². The molecule has 2 unspecified atom stereocenters.